The minimum atomic E-state index is -3.24. The second kappa shape index (κ2) is 28.2. The molecular formula is C7H16Na3O6P2+3. The summed E-state index contributed by atoms with van der Waals surface area (Å²) < 4.78 is 21.6. The zero-order valence-corrected chi connectivity index (χ0v) is 19.4. The van der Waals surface area contributed by atoms with Gasteiger partial charge in [-0.3, -0.25) is 0 Å². The van der Waals surface area contributed by atoms with Crippen molar-refractivity contribution in [2.75, 3.05) is 6.61 Å². The maximum absolute atomic E-state index is 9.24. The fourth-order valence-electron chi connectivity index (χ4n) is 0.770. The molecule has 0 aromatic rings. The average Bonchev–Trinajstić information content (AvgIpc) is 2.11. The quantitative estimate of drug-likeness (QED) is 0.283. The molecule has 0 spiro atoms. The van der Waals surface area contributed by atoms with Crippen LogP contribution < -0.4 is 98.5 Å². The molecule has 6 nitrogen and oxygen atoms in total. The fraction of sp³-hybridized carbons (Fsp3) is 1.00. The molecule has 0 aromatic heterocycles. The van der Waals surface area contributed by atoms with E-state index in [1.165, 1.54) is 25.7 Å². The Labute approximate surface area is 176 Å². The summed E-state index contributed by atoms with van der Waals surface area (Å²) in [5.41, 5.74) is 0. The molecule has 0 heterocycles. The molecule has 0 aliphatic carbocycles. The minimum absolute atomic E-state index is 0. The first kappa shape index (κ1) is 32.8. The van der Waals surface area contributed by atoms with E-state index in [1.807, 2.05) is 0 Å². The Morgan fingerprint density at radius 1 is 0.944 bits per heavy atom. The maximum atomic E-state index is 9.24. The molecule has 90 valence electrons. The normalized spacial score (nSPS) is 9.56. The van der Waals surface area contributed by atoms with Gasteiger partial charge >= 0.3 is 105 Å². The zero-order chi connectivity index (χ0) is 12.1. The summed E-state index contributed by atoms with van der Waals surface area (Å²) in [4.78, 5) is 18.5. The molecule has 0 fully saturated rings. The first-order chi connectivity index (χ1) is 7.04. The molecule has 11 heteroatoms. The van der Waals surface area contributed by atoms with E-state index in [1.54, 1.807) is 0 Å². The predicted molar refractivity (Wildman–Crippen MR) is 52.1 cm³/mol. The Morgan fingerprint density at radius 3 is 1.56 bits per heavy atom. The molecule has 1 N–H and O–H groups in total. The topological polar surface area (TPSA) is 110 Å². The van der Waals surface area contributed by atoms with Crippen LogP contribution >= 0.6 is 16.5 Å². The van der Waals surface area contributed by atoms with Crippen molar-refractivity contribution in [2.45, 2.75) is 39.0 Å². The molecule has 0 saturated heterocycles. The smallest absolute Gasteiger partial charge is 0.563 e. The molecule has 0 bridgehead atoms. The van der Waals surface area contributed by atoms with Crippen LogP contribution in [0.15, 0.2) is 0 Å². The van der Waals surface area contributed by atoms with Gasteiger partial charge in [-0.15, -0.1) is 0 Å². The van der Waals surface area contributed by atoms with Gasteiger partial charge in [-0.05, 0) is 15.6 Å². The van der Waals surface area contributed by atoms with E-state index in [4.69, 9.17) is 5.11 Å². The van der Waals surface area contributed by atoms with E-state index in [0.29, 0.717) is 6.61 Å². The van der Waals surface area contributed by atoms with Crippen LogP contribution in [0, 0.1) is 0 Å². The Kier molecular flexibility index (Phi) is 51.5. The van der Waals surface area contributed by atoms with Gasteiger partial charge in [-0.1, -0.05) is 32.6 Å². The average molecular weight is 327 g/mol. The molecular weight excluding hydrogens is 311 g/mol. The summed E-state index contributed by atoms with van der Waals surface area (Å²) in [7, 11) is -6.47. The van der Waals surface area contributed by atoms with Crippen molar-refractivity contribution in [1.29, 1.82) is 0 Å². The number of rotatable bonds is 7. The molecule has 0 saturated carbocycles. The van der Waals surface area contributed by atoms with E-state index in [9.17, 15) is 18.9 Å². The van der Waals surface area contributed by atoms with Gasteiger partial charge in [0.2, 0.25) is 0 Å². The summed E-state index contributed by atoms with van der Waals surface area (Å²) in [6.45, 7) is 2.56. The molecule has 0 amide bonds. The summed E-state index contributed by atoms with van der Waals surface area (Å²) >= 11 is 0. The molecule has 2 atom stereocenters. The molecule has 2 unspecified atom stereocenters. The second-order valence-electron chi connectivity index (χ2n) is 2.67. The van der Waals surface area contributed by atoms with Gasteiger partial charge in [0, 0.05) is 6.61 Å². The SMILES string of the molecule is CCCCCCCO.O=[P+]([O-])O[P+](=O)[O-].[Na+].[Na+].[Na+]. The molecule has 0 aliphatic heterocycles. The maximum Gasteiger partial charge on any atom is 1.00 e. The monoisotopic (exact) mass is 327 g/mol. The van der Waals surface area contributed by atoms with E-state index in [0.717, 1.165) is 6.42 Å². The number of unbranched alkanes of at least 4 members (excludes halogenated alkanes) is 4. The standard InChI is InChI=1S/C7H16O.3Na.O5P2/c1-2-3-4-5-6-7-8;;;;1-6(2)5-7(3)4/h8H,2-7H2,1H3;;;;/q;3*+1;. The van der Waals surface area contributed by atoms with Crippen molar-refractivity contribution in [2.24, 2.45) is 0 Å². The zero-order valence-electron chi connectivity index (χ0n) is 11.6. The number of hydrogen-bond donors (Lipinski definition) is 1. The van der Waals surface area contributed by atoms with Crippen molar-refractivity contribution < 1.29 is 117 Å². The van der Waals surface area contributed by atoms with E-state index < -0.39 is 16.5 Å². The summed E-state index contributed by atoms with van der Waals surface area (Å²) in [6, 6.07) is 0. The van der Waals surface area contributed by atoms with Gasteiger partial charge in [-0.25, -0.2) is 0 Å². The first-order valence-corrected chi connectivity index (χ1v) is 6.81. The molecule has 0 aromatic carbocycles. The van der Waals surface area contributed by atoms with Crippen LogP contribution in [0.5, 0.6) is 0 Å². The van der Waals surface area contributed by atoms with Crippen LogP contribution in [-0.4, -0.2) is 11.7 Å². The summed E-state index contributed by atoms with van der Waals surface area (Å²) in [5, 5.41) is 8.37. The third-order valence-corrected chi connectivity index (χ3v) is 2.46. The van der Waals surface area contributed by atoms with Crippen LogP contribution in [0.2, 0.25) is 0 Å². The van der Waals surface area contributed by atoms with Crippen LogP contribution in [0.3, 0.4) is 0 Å². The van der Waals surface area contributed by atoms with Crippen molar-refractivity contribution in [3.05, 3.63) is 0 Å². The Morgan fingerprint density at radius 2 is 1.33 bits per heavy atom. The van der Waals surface area contributed by atoms with Crippen molar-refractivity contribution in [1.82, 2.24) is 0 Å². The van der Waals surface area contributed by atoms with Crippen LogP contribution in [0.4, 0.5) is 0 Å². The molecule has 18 heavy (non-hydrogen) atoms. The number of aliphatic hydroxyl groups excluding tert-OH is 1. The second-order valence-corrected chi connectivity index (χ2v) is 4.21. The summed E-state index contributed by atoms with van der Waals surface area (Å²) in [5.74, 6) is 0. The molecule has 0 aliphatic rings. The molecule has 0 radical (unpaired) electrons. The largest absolute Gasteiger partial charge is 1.00 e. The van der Waals surface area contributed by atoms with Crippen LogP contribution in [0.25, 0.3) is 0 Å². The van der Waals surface area contributed by atoms with Gasteiger partial charge in [0.25, 0.3) is 0 Å². The van der Waals surface area contributed by atoms with Gasteiger partial charge < -0.3 is 14.9 Å². The van der Waals surface area contributed by atoms with E-state index >= 15 is 0 Å². The summed E-state index contributed by atoms with van der Waals surface area (Å²) in [6.07, 6.45) is 6.08. The Bertz CT molecular complexity index is 169. The van der Waals surface area contributed by atoms with Crippen molar-refractivity contribution in [3.8, 4) is 0 Å². The van der Waals surface area contributed by atoms with Crippen molar-refractivity contribution >= 4 is 16.5 Å². The Hall–Kier alpha value is 3.04. The van der Waals surface area contributed by atoms with Crippen molar-refractivity contribution in [3.63, 3.8) is 0 Å². The minimum Gasteiger partial charge on any atom is -0.563 e. The number of hydrogen-bond acceptors (Lipinski definition) is 6. The van der Waals surface area contributed by atoms with E-state index in [-0.39, 0.29) is 88.7 Å². The van der Waals surface area contributed by atoms with Gasteiger partial charge in [0.05, 0.1) is 0 Å². The van der Waals surface area contributed by atoms with Gasteiger partial charge in [0.1, 0.15) is 4.31 Å². The third kappa shape index (κ3) is 42.7. The number of aliphatic hydroxyl groups is 1. The fourth-order valence-corrected chi connectivity index (χ4v) is 1.21. The third-order valence-electron chi connectivity index (χ3n) is 1.40. The Balaban J connectivity index is -0.0000000540. The van der Waals surface area contributed by atoms with Crippen LogP contribution in [-0.2, 0) is 13.4 Å². The van der Waals surface area contributed by atoms with Gasteiger partial charge in [0.15, 0.2) is 0 Å². The van der Waals surface area contributed by atoms with E-state index in [2.05, 4.69) is 11.2 Å². The first-order valence-electron chi connectivity index (χ1n) is 4.62. The van der Waals surface area contributed by atoms with Crippen LogP contribution in [0.1, 0.15) is 39.0 Å². The van der Waals surface area contributed by atoms with Gasteiger partial charge in [-0.2, -0.15) is 0 Å². The molecule has 0 rings (SSSR count). The predicted octanol–water partition coefficient (Wildman–Crippen LogP) is -8.00.